The molecule has 0 aliphatic rings. The number of rotatable bonds is 4. The smallest absolute Gasteiger partial charge is 0.186 e. The predicted molar refractivity (Wildman–Crippen MR) is 115 cm³/mol. The minimum absolute atomic E-state index is 0.291. The van der Waals surface area contributed by atoms with Gasteiger partial charge in [-0.25, -0.2) is 9.37 Å². The van der Waals surface area contributed by atoms with E-state index in [2.05, 4.69) is 43.7 Å². The average molecular weight is 448 g/mol. The highest BCUT2D eigenvalue weighted by atomic mass is 79.9. The molecule has 2 aromatic heterocycles. The second-order valence-corrected chi connectivity index (χ2v) is 7.55. The summed E-state index contributed by atoms with van der Waals surface area (Å²) >= 11 is 3.46. The second kappa shape index (κ2) is 7.25. The van der Waals surface area contributed by atoms with Gasteiger partial charge in [0.15, 0.2) is 5.65 Å². The summed E-state index contributed by atoms with van der Waals surface area (Å²) in [4.78, 5) is 4.82. The lowest BCUT2D eigenvalue weighted by molar-refractivity contribution is 0.628. The van der Waals surface area contributed by atoms with Crippen molar-refractivity contribution in [2.75, 3.05) is 5.32 Å². The van der Waals surface area contributed by atoms with Gasteiger partial charge in [-0.1, -0.05) is 45.4 Å². The zero-order chi connectivity index (χ0) is 19.8. The van der Waals surface area contributed by atoms with Crippen molar-refractivity contribution in [1.29, 1.82) is 0 Å². The maximum Gasteiger partial charge on any atom is 0.186 e. The molecule has 0 aliphatic carbocycles. The topological polar surface area (TPSA) is 55.1 Å². The second-order valence-electron chi connectivity index (χ2n) is 6.64. The third-order valence-corrected chi connectivity index (χ3v) is 5.27. The van der Waals surface area contributed by atoms with E-state index in [1.165, 1.54) is 12.1 Å². The molecule has 0 atom stereocenters. The molecule has 0 bridgehead atoms. The van der Waals surface area contributed by atoms with Crippen molar-refractivity contribution in [3.63, 3.8) is 0 Å². The van der Waals surface area contributed by atoms with Crippen LogP contribution in [0.2, 0.25) is 0 Å². The molecule has 1 N–H and O–H groups in total. The normalized spacial score (nSPS) is 11.2. The SMILES string of the molecule is Fc1ccc(-c2nnn3c2nc(NCc2ccc(Br)cc2)c2ccccc23)cc1. The molecule has 0 saturated heterocycles. The number of hydrogen-bond acceptors (Lipinski definition) is 4. The van der Waals surface area contributed by atoms with Crippen LogP contribution >= 0.6 is 15.9 Å². The lowest BCUT2D eigenvalue weighted by Crippen LogP contribution is -2.05. The van der Waals surface area contributed by atoms with Gasteiger partial charge in [0.05, 0.1) is 5.52 Å². The molecule has 2 heterocycles. The van der Waals surface area contributed by atoms with Crippen LogP contribution < -0.4 is 5.32 Å². The van der Waals surface area contributed by atoms with Crippen molar-refractivity contribution in [3.05, 3.63) is 88.6 Å². The molecule has 0 spiro atoms. The molecule has 0 aliphatic heterocycles. The summed E-state index contributed by atoms with van der Waals surface area (Å²) < 4.78 is 16.1. The Morgan fingerprint density at radius 3 is 2.48 bits per heavy atom. The van der Waals surface area contributed by atoms with E-state index in [-0.39, 0.29) is 5.82 Å². The number of fused-ring (bicyclic) bond motifs is 3. The first-order chi connectivity index (χ1) is 14.2. The summed E-state index contributed by atoms with van der Waals surface area (Å²) in [5.74, 6) is 0.460. The molecule has 29 heavy (non-hydrogen) atoms. The Morgan fingerprint density at radius 1 is 0.931 bits per heavy atom. The van der Waals surface area contributed by atoms with Gasteiger partial charge in [-0.15, -0.1) is 5.10 Å². The third-order valence-electron chi connectivity index (χ3n) is 4.74. The number of benzene rings is 3. The van der Waals surface area contributed by atoms with Gasteiger partial charge in [0.25, 0.3) is 0 Å². The number of aromatic nitrogens is 4. The highest BCUT2D eigenvalue weighted by Gasteiger charge is 2.15. The van der Waals surface area contributed by atoms with Crippen LogP contribution in [0.5, 0.6) is 0 Å². The molecule has 0 fully saturated rings. The number of nitrogens with zero attached hydrogens (tertiary/aromatic N) is 4. The molecule has 5 rings (SSSR count). The Balaban J connectivity index is 1.62. The Bertz CT molecular complexity index is 1310. The summed E-state index contributed by atoms with van der Waals surface area (Å²) in [5.41, 5.74) is 4.04. The lowest BCUT2D eigenvalue weighted by atomic mass is 10.1. The highest BCUT2D eigenvalue weighted by Crippen LogP contribution is 2.28. The van der Waals surface area contributed by atoms with E-state index >= 15 is 0 Å². The van der Waals surface area contributed by atoms with E-state index in [0.717, 1.165) is 32.3 Å². The fraction of sp³-hybridized carbons (Fsp3) is 0.0455. The molecule has 5 aromatic rings. The van der Waals surface area contributed by atoms with Gasteiger partial charge in [-0.3, -0.25) is 0 Å². The van der Waals surface area contributed by atoms with Crippen LogP contribution in [0.15, 0.2) is 77.3 Å². The molecule has 142 valence electrons. The van der Waals surface area contributed by atoms with Crippen LogP contribution in [0.3, 0.4) is 0 Å². The Hall–Kier alpha value is -3.32. The first-order valence-electron chi connectivity index (χ1n) is 9.07. The fourth-order valence-electron chi connectivity index (χ4n) is 3.28. The zero-order valence-corrected chi connectivity index (χ0v) is 16.8. The van der Waals surface area contributed by atoms with Crippen LogP contribution in [0.25, 0.3) is 27.8 Å². The van der Waals surface area contributed by atoms with Crippen molar-refractivity contribution >= 4 is 38.3 Å². The van der Waals surface area contributed by atoms with E-state index in [1.807, 2.05) is 36.4 Å². The number of anilines is 1. The van der Waals surface area contributed by atoms with E-state index in [1.54, 1.807) is 16.6 Å². The Kier molecular flexibility index (Phi) is 4.44. The Morgan fingerprint density at radius 2 is 1.69 bits per heavy atom. The number of nitrogens with one attached hydrogen (secondary N) is 1. The van der Waals surface area contributed by atoms with Gasteiger partial charge in [-0.05, 0) is 54.1 Å². The van der Waals surface area contributed by atoms with Crippen LogP contribution in [0.1, 0.15) is 5.56 Å². The summed E-state index contributed by atoms with van der Waals surface area (Å²) in [5, 5.41) is 13.0. The van der Waals surface area contributed by atoms with Gasteiger partial charge in [0.2, 0.25) is 0 Å². The van der Waals surface area contributed by atoms with Gasteiger partial charge < -0.3 is 5.32 Å². The van der Waals surface area contributed by atoms with Crippen molar-refractivity contribution in [2.45, 2.75) is 6.54 Å². The predicted octanol–water partition coefficient (Wildman–Crippen LogP) is 5.46. The quantitative estimate of drug-likeness (QED) is 0.397. The molecule has 7 heteroatoms. The van der Waals surface area contributed by atoms with Gasteiger partial charge in [0.1, 0.15) is 17.3 Å². The fourth-order valence-corrected chi connectivity index (χ4v) is 3.55. The molecule has 0 unspecified atom stereocenters. The van der Waals surface area contributed by atoms with Crippen LogP contribution in [0.4, 0.5) is 10.2 Å². The molecular formula is C22H15BrFN5. The van der Waals surface area contributed by atoms with Crippen LogP contribution in [-0.4, -0.2) is 19.8 Å². The third kappa shape index (κ3) is 3.34. The van der Waals surface area contributed by atoms with Gasteiger partial charge in [-0.2, -0.15) is 4.52 Å². The molecular weight excluding hydrogens is 433 g/mol. The summed E-state index contributed by atoms with van der Waals surface area (Å²) in [7, 11) is 0. The first kappa shape index (κ1) is 17.8. The summed E-state index contributed by atoms with van der Waals surface area (Å²) in [6.45, 7) is 0.633. The van der Waals surface area contributed by atoms with Crippen LogP contribution in [0, 0.1) is 5.82 Å². The van der Waals surface area contributed by atoms with Crippen molar-refractivity contribution in [1.82, 2.24) is 19.8 Å². The largest absolute Gasteiger partial charge is 0.365 e. The molecule has 0 radical (unpaired) electrons. The molecule has 3 aromatic carbocycles. The minimum atomic E-state index is -0.291. The van der Waals surface area contributed by atoms with E-state index < -0.39 is 0 Å². The van der Waals surface area contributed by atoms with Crippen molar-refractivity contribution < 1.29 is 4.39 Å². The molecule has 5 nitrogen and oxygen atoms in total. The minimum Gasteiger partial charge on any atom is -0.365 e. The monoisotopic (exact) mass is 447 g/mol. The zero-order valence-electron chi connectivity index (χ0n) is 15.2. The summed E-state index contributed by atoms with van der Waals surface area (Å²) in [6, 6.07) is 22.3. The average Bonchev–Trinajstić information content (AvgIpc) is 3.18. The van der Waals surface area contributed by atoms with E-state index in [9.17, 15) is 4.39 Å². The summed E-state index contributed by atoms with van der Waals surface area (Å²) in [6.07, 6.45) is 0. The van der Waals surface area contributed by atoms with E-state index in [4.69, 9.17) is 4.98 Å². The number of hydrogen-bond donors (Lipinski definition) is 1. The van der Waals surface area contributed by atoms with Crippen molar-refractivity contribution in [3.8, 4) is 11.3 Å². The van der Waals surface area contributed by atoms with Crippen LogP contribution in [-0.2, 0) is 6.54 Å². The molecule has 0 saturated carbocycles. The standard InChI is InChI=1S/C22H15BrFN5/c23-16-9-5-14(6-10-16)13-25-21-18-3-1-2-4-19(18)29-22(26-21)20(27-28-29)15-7-11-17(24)12-8-15/h1-12H,13H2,(H,25,26). The van der Waals surface area contributed by atoms with Gasteiger partial charge in [0, 0.05) is 22.0 Å². The lowest BCUT2D eigenvalue weighted by Gasteiger charge is -2.11. The molecule has 0 amide bonds. The van der Waals surface area contributed by atoms with Crippen molar-refractivity contribution in [2.24, 2.45) is 0 Å². The van der Waals surface area contributed by atoms with E-state index in [0.29, 0.717) is 17.9 Å². The maximum atomic E-state index is 13.3. The van der Waals surface area contributed by atoms with Gasteiger partial charge >= 0.3 is 0 Å². The highest BCUT2D eigenvalue weighted by molar-refractivity contribution is 9.10. The Labute approximate surface area is 174 Å². The first-order valence-corrected chi connectivity index (χ1v) is 9.87. The maximum absolute atomic E-state index is 13.3. The number of para-hydroxylation sites is 1. The number of halogens is 2.